The van der Waals surface area contributed by atoms with E-state index in [4.69, 9.17) is 4.74 Å². The van der Waals surface area contributed by atoms with E-state index in [2.05, 4.69) is 0 Å². The Balaban J connectivity index is 1.40. The molecule has 2 saturated heterocycles. The number of piperidine rings is 2. The van der Waals surface area contributed by atoms with E-state index in [0.29, 0.717) is 12.8 Å². The van der Waals surface area contributed by atoms with Crippen LogP contribution in [0.15, 0.2) is 48.5 Å². The first kappa shape index (κ1) is 20.5. The van der Waals surface area contributed by atoms with E-state index in [9.17, 15) is 18.4 Å². The lowest BCUT2D eigenvalue weighted by atomic mass is 9.76. The van der Waals surface area contributed by atoms with Gasteiger partial charge in [0.2, 0.25) is 0 Å². The number of amides is 1. The zero-order chi connectivity index (χ0) is 21.1. The zero-order valence-electron chi connectivity index (χ0n) is 16.7. The van der Waals surface area contributed by atoms with Gasteiger partial charge in [0, 0.05) is 30.0 Å². The second kappa shape index (κ2) is 8.94. The number of carbonyl (C=O) groups is 2. The average Bonchev–Trinajstić information content (AvgIpc) is 2.74. The number of nitrogens with zero attached hydrogens (tertiary/aromatic N) is 1. The van der Waals surface area contributed by atoms with Gasteiger partial charge in [-0.15, -0.1) is 0 Å². The lowest BCUT2D eigenvalue weighted by Gasteiger charge is -2.47. The molecule has 2 bridgehead atoms. The molecule has 1 amide bonds. The fourth-order valence-electron chi connectivity index (χ4n) is 4.76. The Bertz CT molecular complexity index is 884. The SMILES string of the molecule is O=C(Cc1c(F)cccc1F)C1CC2CCCC(C1)N2C(=O)OCc1ccccc1. The molecule has 0 radical (unpaired) electrons. The van der Waals surface area contributed by atoms with Crippen LogP contribution < -0.4 is 0 Å². The number of hydrogen-bond donors (Lipinski definition) is 0. The maximum atomic E-state index is 13.9. The summed E-state index contributed by atoms with van der Waals surface area (Å²) in [7, 11) is 0. The zero-order valence-corrected chi connectivity index (χ0v) is 16.7. The van der Waals surface area contributed by atoms with Crippen molar-refractivity contribution in [3.05, 3.63) is 71.3 Å². The number of Topliss-reactive ketones (excluding diaryl/α,β-unsaturated/α-hetero) is 1. The highest BCUT2D eigenvalue weighted by molar-refractivity contribution is 5.84. The first-order chi connectivity index (χ1) is 14.5. The van der Waals surface area contributed by atoms with Crippen molar-refractivity contribution in [3.63, 3.8) is 0 Å². The average molecular weight is 413 g/mol. The number of carbonyl (C=O) groups excluding carboxylic acids is 2. The van der Waals surface area contributed by atoms with Crippen LogP contribution in [0, 0.1) is 17.6 Å². The predicted molar refractivity (Wildman–Crippen MR) is 108 cm³/mol. The Morgan fingerprint density at radius 3 is 2.20 bits per heavy atom. The van der Waals surface area contributed by atoms with Crippen LogP contribution in [0.3, 0.4) is 0 Å². The van der Waals surface area contributed by atoms with Crippen LogP contribution in [0.5, 0.6) is 0 Å². The molecule has 2 aromatic carbocycles. The molecule has 2 atom stereocenters. The molecular formula is C24H25F2NO3. The first-order valence-corrected chi connectivity index (χ1v) is 10.5. The van der Waals surface area contributed by atoms with Crippen LogP contribution >= 0.6 is 0 Å². The monoisotopic (exact) mass is 413 g/mol. The van der Waals surface area contributed by atoms with E-state index in [1.165, 1.54) is 18.2 Å². The lowest BCUT2D eigenvalue weighted by Crippen LogP contribution is -2.55. The summed E-state index contributed by atoms with van der Waals surface area (Å²) in [5.41, 5.74) is 0.755. The number of fused-ring (bicyclic) bond motifs is 2. The van der Waals surface area contributed by atoms with Crippen molar-refractivity contribution < 1.29 is 23.1 Å². The van der Waals surface area contributed by atoms with E-state index in [-0.39, 0.29) is 48.5 Å². The highest BCUT2D eigenvalue weighted by Crippen LogP contribution is 2.38. The van der Waals surface area contributed by atoms with Crippen LogP contribution in [0.1, 0.15) is 43.2 Å². The van der Waals surface area contributed by atoms with Crippen LogP contribution in [-0.2, 0) is 22.6 Å². The van der Waals surface area contributed by atoms with Gasteiger partial charge in [0.1, 0.15) is 24.0 Å². The fraction of sp³-hybridized carbons (Fsp3) is 0.417. The summed E-state index contributed by atoms with van der Waals surface area (Å²) in [5.74, 6) is -1.83. The van der Waals surface area contributed by atoms with Crippen molar-refractivity contribution in [1.82, 2.24) is 4.90 Å². The molecule has 2 heterocycles. The van der Waals surface area contributed by atoms with Crippen molar-refractivity contribution in [2.45, 2.75) is 57.2 Å². The second-order valence-corrected chi connectivity index (χ2v) is 8.20. The Labute approximate surface area is 174 Å². The van der Waals surface area contributed by atoms with Crippen LogP contribution in [0.4, 0.5) is 13.6 Å². The molecular weight excluding hydrogens is 388 g/mol. The summed E-state index contributed by atoms with van der Waals surface area (Å²) < 4.78 is 33.4. The fourth-order valence-corrected chi connectivity index (χ4v) is 4.76. The van der Waals surface area contributed by atoms with Gasteiger partial charge in [0.25, 0.3) is 0 Å². The molecule has 4 rings (SSSR count). The molecule has 0 aliphatic carbocycles. The summed E-state index contributed by atoms with van der Waals surface area (Å²) in [6, 6.07) is 13.0. The smallest absolute Gasteiger partial charge is 0.410 e. The van der Waals surface area contributed by atoms with Gasteiger partial charge < -0.3 is 9.64 Å². The van der Waals surface area contributed by atoms with Crippen molar-refractivity contribution in [2.24, 2.45) is 5.92 Å². The molecule has 2 aromatic rings. The molecule has 30 heavy (non-hydrogen) atoms. The van der Waals surface area contributed by atoms with Crippen molar-refractivity contribution in [2.75, 3.05) is 0 Å². The highest BCUT2D eigenvalue weighted by atomic mass is 19.1. The first-order valence-electron chi connectivity index (χ1n) is 10.5. The number of ether oxygens (including phenoxy) is 1. The molecule has 2 aliphatic rings. The third-order valence-electron chi connectivity index (χ3n) is 6.26. The number of halogens is 2. The van der Waals surface area contributed by atoms with Gasteiger partial charge in [-0.25, -0.2) is 13.6 Å². The number of rotatable bonds is 5. The third-order valence-corrected chi connectivity index (χ3v) is 6.26. The Hall–Kier alpha value is -2.76. The van der Waals surface area contributed by atoms with Crippen molar-refractivity contribution in [3.8, 4) is 0 Å². The lowest BCUT2D eigenvalue weighted by molar-refractivity contribution is -0.126. The quantitative estimate of drug-likeness (QED) is 0.689. The van der Waals surface area contributed by atoms with Crippen LogP contribution in [0.2, 0.25) is 0 Å². The summed E-state index contributed by atoms with van der Waals surface area (Å²) in [6.07, 6.45) is 3.07. The molecule has 0 spiro atoms. The number of hydrogen-bond acceptors (Lipinski definition) is 3. The molecule has 2 unspecified atom stereocenters. The number of benzene rings is 2. The summed E-state index contributed by atoms with van der Waals surface area (Å²) in [5, 5.41) is 0. The standard InChI is InChI=1S/C24H25F2NO3/c25-21-10-5-11-22(26)20(21)14-23(28)17-12-18-8-4-9-19(13-17)27(18)24(29)30-15-16-6-2-1-3-7-16/h1-3,5-7,10-11,17-19H,4,8-9,12-15H2. The summed E-state index contributed by atoms with van der Waals surface area (Å²) in [4.78, 5) is 27.4. The minimum Gasteiger partial charge on any atom is -0.445 e. The molecule has 0 aromatic heterocycles. The maximum Gasteiger partial charge on any atom is 0.410 e. The van der Waals surface area contributed by atoms with Gasteiger partial charge in [-0.1, -0.05) is 36.4 Å². The molecule has 2 aliphatic heterocycles. The minimum absolute atomic E-state index is 0.0693. The van der Waals surface area contributed by atoms with Crippen LogP contribution in [-0.4, -0.2) is 28.9 Å². The molecule has 0 N–H and O–H groups in total. The third kappa shape index (κ3) is 4.37. The van der Waals surface area contributed by atoms with Gasteiger partial charge in [0.05, 0.1) is 0 Å². The predicted octanol–water partition coefficient (Wildman–Crippen LogP) is 5.05. The number of ketones is 1. The van der Waals surface area contributed by atoms with Gasteiger partial charge in [-0.2, -0.15) is 0 Å². The normalized spacial score (nSPS) is 23.1. The van der Waals surface area contributed by atoms with E-state index in [1.807, 2.05) is 30.3 Å². The Morgan fingerprint density at radius 1 is 0.933 bits per heavy atom. The summed E-state index contributed by atoms with van der Waals surface area (Å²) in [6.45, 7) is 0.213. The molecule has 0 saturated carbocycles. The van der Waals surface area contributed by atoms with E-state index < -0.39 is 11.6 Å². The van der Waals surface area contributed by atoms with Crippen LogP contribution in [0.25, 0.3) is 0 Å². The van der Waals surface area contributed by atoms with Gasteiger partial charge >= 0.3 is 6.09 Å². The molecule has 4 nitrogen and oxygen atoms in total. The Kier molecular flexibility index (Phi) is 6.11. The Morgan fingerprint density at radius 2 is 1.57 bits per heavy atom. The molecule has 158 valence electrons. The molecule has 6 heteroatoms. The van der Waals surface area contributed by atoms with Gasteiger partial charge in [-0.3, -0.25) is 4.79 Å². The highest BCUT2D eigenvalue weighted by Gasteiger charge is 2.43. The largest absolute Gasteiger partial charge is 0.445 e. The molecule has 2 fully saturated rings. The van der Waals surface area contributed by atoms with Gasteiger partial charge in [0.15, 0.2) is 0 Å². The maximum absolute atomic E-state index is 13.9. The van der Waals surface area contributed by atoms with E-state index >= 15 is 0 Å². The second-order valence-electron chi connectivity index (χ2n) is 8.20. The van der Waals surface area contributed by atoms with Gasteiger partial charge in [-0.05, 0) is 49.8 Å². The minimum atomic E-state index is -0.689. The topological polar surface area (TPSA) is 46.6 Å². The summed E-state index contributed by atoms with van der Waals surface area (Å²) >= 11 is 0. The van der Waals surface area contributed by atoms with Crippen molar-refractivity contribution >= 4 is 11.9 Å². The van der Waals surface area contributed by atoms with Crippen molar-refractivity contribution in [1.29, 1.82) is 0 Å². The van der Waals surface area contributed by atoms with E-state index in [1.54, 1.807) is 4.90 Å². The van der Waals surface area contributed by atoms with E-state index in [0.717, 1.165) is 24.8 Å².